The molecular formula is C17H23NO2S. The molecule has 3 nitrogen and oxygen atoms in total. The predicted molar refractivity (Wildman–Crippen MR) is 88.5 cm³/mol. The van der Waals surface area contributed by atoms with Gasteiger partial charge in [0, 0.05) is 4.88 Å². The van der Waals surface area contributed by atoms with Crippen molar-refractivity contribution in [3.63, 3.8) is 0 Å². The van der Waals surface area contributed by atoms with Crippen LogP contribution in [0.3, 0.4) is 0 Å². The van der Waals surface area contributed by atoms with Gasteiger partial charge < -0.3 is 15.2 Å². The summed E-state index contributed by atoms with van der Waals surface area (Å²) in [7, 11) is 0. The van der Waals surface area contributed by atoms with Crippen molar-refractivity contribution in [1.82, 2.24) is 0 Å². The molecule has 0 radical (unpaired) electrons. The first-order valence-corrected chi connectivity index (χ1v) is 8.30. The Morgan fingerprint density at radius 1 is 1.05 bits per heavy atom. The Morgan fingerprint density at radius 2 is 1.76 bits per heavy atom. The number of rotatable bonds is 7. The predicted octanol–water partition coefficient (Wildman–Crippen LogP) is 4.16. The van der Waals surface area contributed by atoms with Gasteiger partial charge in [-0.05, 0) is 55.0 Å². The fourth-order valence-electron chi connectivity index (χ4n) is 2.32. The van der Waals surface area contributed by atoms with Crippen molar-refractivity contribution in [3.8, 4) is 11.5 Å². The fourth-order valence-corrected chi connectivity index (χ4v) is 3.35. The standard InChI is InChI=1S/C17H23NO2S/c1-4-12-9-10-21-17(12)16(18)13-7-8-14(19-5-2)15(11-13)20-6-3/h7-11,16H,4-6,18H2,1-3H3. The van der Waals surface area contributed by atoms with Gasteiger partial charge in [-0.1, -0.05) is 13.0 Å². The van der Waals surface area contributed by atoms with Crippen LogP contribution in [0.15, 0.2) is 29.6 Å². The van der Waals surface area contributed by atoms with Gasteiger partial charge in [-0.3, -0.25) is 0 Å². The van der Waals surface area contributed by atoms with E-state index in [1.165, 1.54) is 10.4 Å². The van der Waals surface area contributed by atoms with Gasteiger partial charge in [0.05, 0.1) is 19.3 Å². The summed E-state index contributed by atoms with van der Waals surface area (Å²) in [6.45, 7) is 7.32. The molecule has 1 heterocycles. The molecule has 0 spiro atoms. The zero-order valence-electron chi connectivity index (χ0n) is 12.9. The molecule has 2 aromatic rings. The highest BCUT2D eigenvalue weighted by molar-refractivity contribution is 7.10. The molecule has 114 valence electrons. The second kappa shape index (κ2) is 7.48. The number of ether oxygens (including phenoxy) is 2. The number of thiophene rings is 1. The lowest BCUT2D eigenvalue weighted by atomic mass is 10.0. The first-order chi connectivity index (χ1) is 10.2. The van der Waals surface area contributed by atoms with E-state index in [1.807, 2.05) is 32.0 Å². The molecule has 1 aromatic heterocycles. The van der Waals surface area contributed by atoms with Gasteiger partial charge in [-0.15, -0.1) is 11.3 Å². The van der Waals surface area contributed by atoms with Gasteiger partial charge in [0.25, 0.3) is 0 Å². The molecule has 0 aliphatic rings. The molecule has 0 amide bonds. The van der Waals surface area contributed by atoms with Gasteiger partial charge in [0.15, 0.2) is 11.5 Å². The van der Waals surface area contributed by atoms with Crippen LogP contribution >= 0.6 is 11.3 Å². The molecule has 21 heavy (non-hydrogen) atoms. The van der Waals surface area contributed by atoms with Crippen molar-refractivity contribution >= 4 is 11.3 Å². The molecule has 0 saturated heterocycles. The van der Waals surface area contributed by atoms with E-state index in [9.17, 15) is 0 Å². The quantitative estimate of drug-likeness (QED) is 0.835. The Morgan fingerprint density at radius 3 is 2.43 bits per heavy atom. The van der Waals surface area contributed by atoms with Crippen molar-refractivity contribution < 1.29 is 9.47 Å². The van der Waals surface area contributed by atoms with Crippen LogP contribution in [-0.2, 0) is 6.42 Å². The van der Waals surface area contributed by atoms with Crippen molar-refractivity contribution in [2.75, 3.05) is 13.2 Å². The lowest BCUT2D eigenvalue weighted by Gasteiger charge is -2.16. The zero-order chi connectivity index (χ0) is 15.2. The lowest BCUT2D eigenvalue weighted by Crippen LogP contribution is -2.12. The maximum absolute atomic E-state index is 6.44. The zero-order valence-corrected chi connectivity index (χ0v) is 13.7. The average molecular weight is 305 g/mol. The van der Waals surface area contributed by atoms with Crippen molar-refractivity contribution in [2.24, 2.45) is 5.73 Å². The topological polar surface area (TPSA) is 44.5 Å². The molecule has 2 rings (SSSR count). The SMILES string of the molecule is CCOc1ccc(C(N)c2sccc2CC)cc1OCC. The minimum atomic E-state index is -0.116. The van der Waals surface area contributed by atoms with Crippen LogP contribution in [-0.4, -0.2) is 13.2 Å². The van der Waals surface area contributed by atoms with E-state index in [4.69, 9.17) is 15.2 Å². The normalized spacial score (nSPS) is 12.2. The van der Waals surface area contributed by atoms with Crippen molar-refractivity contribution in [2.45, 2.75) is 33.2 Å². The van der Waals surface area contributed by atoms with Crippen molar-refractivity contribution in [3.05, 3.63) is 45.6 Å². The van der Waals surface area contributed by atoms with Crippen LogP contribution in [0.1, 0.15) is 42.8 Å². The van der Waals surface area contributed by atoms with Gasteiger partial charge >= 0.3 is 0 Å². The van der Waals surface area contributed by atoms with Gasteiger partial charge in [-0.25, -0.2) is 0 Å². The summed E-state index contributed by atoms with van der Waals surface area (Å²) in [6, 6.07) is 8.01. The summed E-state index contributed by atoms with van der Waals surface area (Å²) in [4.78, 5) is 1.23. The highest BCUT2D eigenvalue weighted by atomic mass is 32.1. The lowest BCUT2D eigenvalue weighted by molar-refractivity contribution is 0.287. The van der Waals surface area contributed by atoms with Crippen LogP contribution in [0, 0.1) is 0 Å². The van der Waals surface area contributed by atoms with E-state index in [1.54, 1.807) is 11.3 Å². The molecule has 0 fully saturated rings. The largest absolute Gasteiger partial charge is 0.490 e. The molecule has 4 heteroatoms. The average Bonchev–Trinajstić information content (AvgIpc) is 2.97. The maximum Gasteiger partial charge on any atom is 0.161 e. The monoisotopic (exact) mass is 305 g/mol. The van der Waals surface area contributed by atoms with E-state index < -0.39 is 0 Å². The first kappa shape index (κ1) is 15.9. The molecule has 0 saturated carbocycles. The van der Waals surface area contributed by atoms with E-state index in [-0.39, 0.29) is 6.04 Å². The molecule has 0 aliphatic carbocycles. The van der Waals surface area contributed by atoms with Crippen molar-refractivity contribution in [1.29, 1.82) is 0 Å². The van der Waals surface area contributed by atoms with Gasteiger partial charge in [0.2, 0.25) is 0 Å². The molecule has 1 unspecified atom stereocenters. The third-order valence-corrected chi connectivity index (χ3v) is 4.41. The number of aryl methyl sites for hydroxylation is 1. The third kappa shape index (κ3) is 3.57. The molecule has 2 N–H and O–H groups in total. The van der Waals surface area contributed by atoms with Crippen LogP contribution < -0.4 is 15.2 Å². The summed E-state index contributed by atoms with van der Waals surface area (Å²) in [5, 5.41) is 2.10. The Bertz CT molecular complexity index is 580. The van der Waals surface area contributed by atoms with E-state index in [0.717, 1.165) is 23.5 Å². The van der Waals surface area contributed by atoms with Gasteiger partial charge in [0.1, 0.15) is 0 Å². The number of hydrogen-bond donors (Lipinski definition) is 1. The van der Waals surface area contributed by atoms with Crippen LogP contribution in [0.4, 0.5) is 0 Å². The minimum Gasteiger partial charge on any atom is -0.490 e. The van der Waals surface area contributed by atoms with E-state index in [2.05, 4.69) is 18.4 Å². The Balaban J connectivity index is 2.33. The molecule has 1 aromatic carbocycles. The van der Waals surface area contributed by atoms with Crippen LogP contribution in [0.25, 0.3) is 0 Å². The van der Waals surface area contributed by atoms with Gasteiger partial charge in [-0.2, -0.15) is 0 Å². The first-order valence-electron chi connectivity index (χ1n) is 7.42. The molecule has 1 atom stereocenters. The minimum absolute atomic E-state index is 0.116. The number of nitrogens with two attached hydrogens (primary N) is 1. The molecular weight excluding hydrogens is 282 g/mol. The highest BCUT2D eigenvalue weighted by Crippen LogP contribution is 2.34. The van der Waals surface area contributed by atoms with E-state index >= 15 is 0 Å². The highest BCUT2D eigenvalue weighted by Gasteiger charge is 2.16. The third-order valence-electron chi connectivity index (χ3n) is 3.37. The maximum atomic E-state index is 6.44. The molecule has 0 aliphatic heterocycles. The Kier molecular flexibility index (Phi) is 5.65. The van der Waals surface area contributed by atoms with E-state index in [0.29, 0.717) is 13.2 Å². The molecule has 0 bridgehead atoms. The summed E-state index contributed by atoms with van der Waals surface area (Å²) in [6.07, 6.45) is 1.00. The summed E-state index contributed by atoms with van der Waals surface area (Å²) in [5.41, 5.74) is 8.81. The summed E-state index contributed by atoms with van der Waals surface area (Å²) >= 11 is 1.71. The number of hydrogen-bond acceptors (Lipinski definition) is 4. The summed E-state index contributed by atoms with van der Waals surface area (Å²) < 4.78 is 11.3. The van der Waals surface area contributed by atoms with Crippen LogP contribution in [0.2, 0.25) is 0 Å². The second-order valence-electron chi connectivity index (χ2n) is 4.71. The second-order valence-corrected chi connectivity index (χ2v) is 5.66. The smallest absolute Gasteiger partial charge is 0.161 e. The summed E-state index contributed by atoms with van der Waals surface area (Å²) in [5.74, 6) is 1.54. The number of benzene rings is 1. The Labute approximate surface area is 130 Å². The Hall–Kier alpha value is -1.52. The van der Waals surface area contributed by atoms with Crippen LogP contribution in [0.5, 0.6) is 11.5 Å². The fraction of sp³-hybridized carbons (Fsp3) is 0.412.